The molecule has 0 heterocycles. The maximum atomic E-state index is 11.4. The van der Waals surface area contributed by atoms with E-state index in [0.29, 0.717) is 6.04 Å². The zero-order chi connectivity index (χ0) is 9.68. The van der Waals surface area contributed by atoms with Crippen molar-refractivity contribution in [2.75, 3.05) is 7.05 Å². The molecule has 0 saturated heterocycles. The van der Waals surface area contributed by atoms with Crippen LogP contribution in [0.4, 0.5) is 0 Å². The maximum Gasteiger partial charge on any atom is 0.237 e. The van der Waals surface area contributed by atoms with Gasteiger partial charge in [-0.1, -0.05) is 12.2 Å². The zero-order valence-electron chi connectivity index (χ0n) is 8.34. The van der Waals surface area contributed by atoms with Crippen molar-refractivity contribution >= 4 is 5.91 Å². The predicted molar refractivity (Wildman–Crippen MR) is 53.4 cm³/mol. The van der Waals surface area contributed by atoms with Crippen molar-refractivity contribution in [3.63, 3.8) is 0 Å². The average Bonchev–Trinajstić information content (AvgIpc) is 2.18. The van der Waals surface area contributed by atoms with Crippen LogP contribution in [-0.4, -0.2) is 25.0 Å². The Morgan fingerprint density at radius 3 is 2.85 bits per heavy atom. The summed E-state index contributed by atoms with van der Waals surface area (Å²) in [4.78, 5) is 11.4. The molecule has 3 heteroatoms. The molecule has 2 N–H and O–H groups in total. The monoisotopic (exact) mass is 182 g/mol. The largest absolute Gasteiger partial charge is 0.352 e. The SMILES string of the molecule is CNC(C)C(=O)NC1CC=CCC1. The summed E-state index contributed by atoms with van der Waals surface area (Å²) < 4.78 is 0. The fraction of sp³-hybridized carbons (Fsp3) is 0.700. The van der Waals surface area contributed by atoms with Crippen LogP contribution >= 0.6 is 0 Å². The van der Waals surface area contributed by atoms with Gasteiger partial charge in [0.2, 0.25) is 5.91 Å². The van der Waals surface area contributed by atoms with Gasteiger partial charge in [0.05, 0.1) is 6.04 Å². The van der Waals surface area contributed by atoms with Crippen molar-refractivity contribution in [3.8, 4) is 0 Å². The highest BCUT2D eigenvalue weighted by Crippen LogP contribution is 2.10. The van der Waals surface area contributed by atoms with Gasteiger partial charge in [0.15, 0.2) is 0 Å². The fourth-order valence-electron chi connectivity index (χ4n) is 1.38. The molecule has 0 aliphatic heterocycles. The average molecular weight is 182 g/mol. The van der Waals surface area contributed by atoms with Crippen LogP contribution in [0.2, 0.25) is 0 Å². The number of hydrogen-bond donors (Lipinski definition) is 2. The Morgan fingerprint density at radius 2 is 2.31 bits per heavy atom. The van der Waals surface area contributed by atoms with Crippen LogP contribution in [0.5, 0.6) is 0 Å². The lowest BCUT2D eigenvalue weighted by molar-refractivity contribution is -0.123. The van der Waals surface area contributed by atoms with Crippen molar-refractivity contribution in [2.24, 2.45) is 0 Å². The summed E-state index contributed by atoms with van der Waals surface area (Å²) in [5.41, 5.74) is 0. The number of carbonyl (C=O) groups excluding carboxylic acids is 1. The summed E-state index contributed by atoms with van der Waals surface area (Å²) in [6.45, 7) is 1.87. The summed E-state index contributed by atoms with van der Waals surface area (Å²) in [5.74, 6) is 0.0998. The quantitative estimate of drug-likeness (QED) is 0.634. The Morgan fingerprint density at radius 1 is 1.54 bits per heavy atom. The second-order valence-corrected chi connectivity index (χ2v) is 3.50. The van der Waals surface area contributed by atoms with Gasteiger partial charge in [-0.3, -0.25) is 4.79 Å². The highest BCUT2D eigenvalue weighted by molar-refractivity contribution is 5.81. The van der Waals surface area contributed by atoms with Gasteiger partial charge in [0.1, 0.15) is 0 Å². The molecule has 0 aromatic heterocycles. The van der Waals surface area contributed by atoms with Gasteiger partial charge < -0.3 is 10.6 Å². The molecule has 2 atom stereocenters. The number of carbonyl (C=O) groups is 1. The van der Waals surface area contributed by atoms with E-state index in [9.17, 15) is 4.79 Å². The predicted octanol–water partition coefficient (Wildman–Crippen LogP) is 0.819. The molecule has 1 aliphatic rings. The lowest BCUT2D eigenvalue weighted by atomic mass is 10.0. The first-order chi connectivity index (χ1) is 6.24. The number of hydrogen-bond acceptors (Lipinski definition) is 2. The van der Waals surface area contributed by atoms with Gasteiger partial charge in [0, 0.05) is 6.04 Å². The Kier molecular flexibility index (Phi) is 3.96. The molecule has 2 unspecified atom stereocenters. The minimum absolute atomic E-state index is 0.0918. The number of nitrogens with one attached hydrogen (secondary N) is 2. The van der Waals surface area contributed by atoms with E-state index in [0.717, 1.165) is 19.3 Å². The molecule has 1 aliphatic carbocycles. The van der Waals surface area contributed by atoms with Gasteiger partial charge in [-0.25, -0.2) is 0 Å². The molecule has 0 aromatic carbocycles. The molecular formula is C10H18N2O. The van der Waals surface area contributed by atoms with Crippen molar-refractivity contribution in [3.05, 3.63) is 12.2 Å². The molecule has 0 spiro atoms. The minimum atomic E-state index is -0.0918. The van der Waals surface area contributed by atoms with E-state index < -0.39 is 0 Å². The lowest BCUT2D eigenvalue weighted by Crippen LogP contribution is -2.45. The Labute approximate surface area is 79.6 Å². The Balaban J connectivity index is 2.31. The van der Waals surface area contributed by atoms with E-state index >= 15 is 0 Å². The normalized spacial score (nSPS) is 24.0. The second-order valence-electron chi connectivity index (χ2n) is 3.50. The third kappa shape index (κ3) is 3.19. The highest BCUT2D eigenvalue weighted by Gasteiger charge is 2.16. The van der Waals surface area contributed by atoms with Crippen LogP contribution in [0, 0.1) is 0 Å². The molecule has 1 rings (SSSR count). The standard InChI is InChI=1S/C10H18N2O/c1-8(11-2)10(13)12-9-6-4-3-5-7-9/h3-4,8-9,11H,5-7H2,1-2H3,(H,12,13). The first kappa shape index (κ1) is 10.3. The maximum absolute atomic E-state index is 11.4. The van der Waals surface area contributed by atoms with Crippen molar-refractivity contribution in [2.45, 2.75) is 38.3 Å². The first-order valence-electron chi connectivity index (χ1n) is 4.86. The van der Waals surface area contributed by atoms with E-state index in [-0.39, 0.29) is 11.9 Å². The van der Waals surface area contributed by atoms with Crippen LogP contribution in [0.1, 0.15) is 26.2 Å². The molecule has 0 bridgehead atoms. The van der Waals surface area contributed by atoms with Gasteiger partial charge in [-0.05, 0) is 33.2 Å². The van der Waals surface area contributed by atoms with Crippen LogP contribution in [0.15, 0.2) is 12.2 Å². The van der Waals surface area contributed by atoms with Crippen molar-refractivity contribution in [1.29, 1.82) is 0 Å². The van der Waals surface area contributed by atoms with Crippen LogP contribution in [0.3, 0.4) is 0 Å². The topological polar surface area (TPSA) is 41.1 Å². The summed E-state index contributed by atoms with van der Waals surface area (Å²) in [5, 5.41) is 5.94. The minimum Gasteiger partial charge on any atom is -0.352 e. The van der Waals surface area contributed by atoms with Crippen molar-refractivity contribution < 1.29 is 4.79 Å². The molecule has 0 radical (unpaired) electrons. The van der Waals surface area contributed by atoms with Crippen LogP contribution < -0.4 is 10.6 Å². The molecule has 1 amide bonds. The molecule has 0 aromatic rings. The summed E-state index contributed by atoms with van der Waals surface area (Å²) in [7, 11) is 1.80. The smallest absolute Gasteiger partial charge is 0.237 e. The number of rotatable bonds is 3. The summed E-state index contributed by atoms with van der Waals surface area (Å²) >= 11 is 0. The van der Waals surface area contributed by atoms with Crippen LogP contribution in [-0.2, 0) is 4.79 Å². The molecular weight excluding hydrogens is 164 g/mol. The number of amides is 1. The van der Waals surface area contributed by atoms with Gasteiger partial charge >= 0.3 is 0 Å². The van der Waals surface area contributed by atoms with E-state index in [1.165, 1.54) is 0 Å². The van der Waals surface area contributed by atoms with Crippen LogP contribution in [0.25, 0.3) is 0 Å². The van der Waals surface area contributed by atoms with Crippen molar-refractivity contribution in [1.82, 2.24) is 10.6 Å². The molecule has 0 saturated carbocycles. The van der Waals surface area contributed by atoms with Gasteiger partial charge in [-0.15, -0.1) is 0 Å². The van der Waals surface area contributed by atoms with Gasteiger partial charge in [-0.2, -0.15) is 0 Å². The molecule has 3 nitrogen and oxygen atoms in total. The highest BCUT2D eigenvalue weighted by atomic mass is 16.2. The molecule has 0 fully saturated rings. The second kappa shape index (κ2) is 5.02. The van der Waals surface area contributed by atoms with E-state index in [1.54, 1.807) is 7.05 Å². The zero-order valence-corrected chi connectivity index (χ0v) is 8.34. The third-order valence-corrected chi connectivity index (χ3v) is 2.44. The molecule has 13 heavy (non-hydrogen) atoms. The molecule has 74 valence electrons. The van der Waals surface area contributed by atoms with E-state index in [1.807, 2.05) is 6.92 Å². The third-order valence-electron chi connectivity index (χ3n) is 2.44. The number of allylic oxidation sites excluding steroid dienone is 1. The summed E-state index contributed by atoms with van der Waals surface area (Å²) in [6, 6.07) is 0.249. The Bertz CT molecular complexity index is 201. The van der Waals surface area contributed by atoms with E-state index in [2.05, 4.69) is 22.8 Å². The lowest BCUT2D eigenvalue weighted by Gasteiger charge is -2.21. The summed E-state index contributed by atoms with van der Waals surface area (Å²) in [6.07, 6.45) is 7.43. The number of likely N-dealkylation sites (N-methyl/N-ethyl adjacent to an activating group) is 1. The first-order valence-corrected chi connectivity index (χ1v) is 4.86. The fourth-order valence-corrected chi connectivity index (χ4v) is 1.38. The van der Waals surface area contributed by atoms with Gasteiger partial charge in [0.25, 0.3) is 0 Å². The van der Waals surface area contributed by atoms with E-state index in [4.69, 9.17) is 0 Å². The Hall–Kier alpha value is -0.830.